The first-order valence-electron chi connectivity index (χ1n) is 13.7. The second kappa shape index (κ2) is 7.96. The predicted molar refractivity (Wildman–Crippen MR) is 153 cm³/mol. The Hall–Kier alpha value is -4.62. The summed E-state index contributed by atoms with van der Waals surface area (Å²) in [5.74, 6) is -1.36. The van der Waals surface area contributed by atoms with Crippen molar-refractivity contribution in [3.8, 4) is 5.69 Å². The first-order valence-corrected chi connectivity index (χ1v) is 13.7. The average Bonchev–Trinajstić information content (AvgIpc) is 3.56. The Morgan fingerprint density at radius 2 is 1.45 bits per heavy atom. The highest BCUT2D eigenvalue weighted by atomic mass is 16.2. The fourth-order valence-electron chi connectivity index (χ4n) is 7.37. The summed E-state index contributed by atoms with van der Waals surface area (Å²) in [6.45, 7) is 4.13. The molecule has 4 heterocycles. The lowest BCUT2D eigenvalue weighted by atomic mass is 9.75. The highest BCUT2D eigenvalue weighted by Gasteiger charge is 2.70. The zero-order chi connectivity index (χ0) is 27.3. The number of aromatic nitrogens is 2. The summed E-state index contributed by atoms with van der Waals surface area (Å²) in [5.41, 5.74) is 1.34. The Kier molecular flexibility index (Phi) is 4.63. The first kappa shape index (κ1) is 23.3. The minimum absolute atomic E-state index is 0.0458. The van der Waals surface area contributed by atoms with Gasteiger partial charge in [-0.05, 0) is 35.6 Å². The molecule has 2 saturated heterocycles. The lowest BCUT2D eigenvalue weighted by Gasteiger charge is -2.32. The van der Waals surface area contributed by atoms with Crippen molar-refractivity contribution in [2.75, 3.05) is 4.90 Å². The SMILES string of the molecule is CC(C)[C@@H]1N[C@@]2(c3ccccc3-n3c2nc2ccccc2c3=O)[C@H]2C(=O)N(c3cccc4ccccc34)C(=O)[C@@H]12. The maximum Gasteiger partial charge on any atom is 0.266 e. The third-order valence-corrected chi connectivity index (χ3v) is 9.02. The molecule has 3 aliphatic heterocycles. The number of para-hydroxylation sites is 2. The van der Waals surface area contributed by atoms with E-state index in [0.29, 0.717) is 28.1 Å². The largest absolute Gasteiger partial charge is 0.296 e. The summed E-state index contributed by atoms with van der Waals surface area (Å²) in [4.78, 5) is 49.4. The van der Waals surface area contributed by atoms with Gasteiger partial charge in [0.2, 0.25) is 11.8 Å². The molecule has 1 aromatic heterocycles. The van der Waals surface area contributed by atoms with E-state index in [4.69, 9.17) is 4.98 Å². The van der Waals surface area contributed by atoms with E-state index in [9.17, 15) is 14.4 Å². The van der Waals surface area contributed by atoms with Crippen molar-refractivity contribution in [1.29, 1.82) is 0 Å². The van der Waals surface area contributed by atoms with Crippen molar-refractivity contribution in [2.45, 2.75) is 25.4 Å². The Morgan fingerprint density at radius 3 is 2.27 bits per heavy atom. The summed E-state index contributed by atoms with van der Waals surface area (Å²) in [6.07, 6.45) is 0. The molecule has 1 N–H and O–H groups in total. The quantitative estimate of drug-likeness (QED) is 0.342. The number of carbonyl (C=O) groups excluding carboxylic acids is 2. The van der Waals surface area contributed by atoms with Crippen LogP contribution in [-0.2, 0) is 15.1 Å². The molecular weight excluding hydrogens is 500 g/mol. The average molecular weight is 527 g/mol. The van der Waals surface area contributed by atoms with Crippen molar-refractivity contribution in [3.05, 3.63) is 113 Å². The summed E-state index contributed by atoms with van der Waals surface area (Å²) in [7, 11) is 0. The van der Waals surface area contributed by atoms with Gasteiger partial charge in [-0.3, -0.25) is 24.3 Å². The second-order valence-electron chi connectivity index (χ2n) is 11.3. The van der Waals surface area contributed by atoms with Crippen LogP contribution in [0.25, 0.3) is 27.4 Å². The normalized spacial score (nSPS) is 24.9. The Bertz CT molecular complexity index is 1970. The van der Waals surface area contributed by atoms with Gasteiger partial charge in [0.25, 0.3) is 5.56 Å². The molecule has 5 aromatic rings. The maximum atomic E-state index is 14.7. The number of anilines is 1. The third-order valence-electron chi connectivity index (χ3n) is 9.02. The molecule has 0 saturated carbocycles. The van der Waals surface area contributed by atoms with E-state index in [1.165, 1.54) is 4.90 Å². The lowest BCUT2D eigenvalue weighted by Crippen LogP contribution is -2.51. The highest BCUT2D eigenvalue weighted by Crippen LogP contribution is 2.56. The fourth-order valence-corrected chi connectivity index (χ4v) is 7.37. The molecule has 2 fully saturated rings. The van der Waals surface area contributed by atoms with Crippen molar-refractivity contribution >= 4 is 39.2 Å². The van der Waals surface area contributed by atoms with E-state index in [0.717, 1.165) is 16.3 Å². The number of amides is 2. The Balaban J connectivity index is 1.43. The van der Waals surface area contributed by atoms with Crippen molar-refractivity contribution < 1.29 is 9.59 Å². The van der Waals surface area contributed by atoms with E-state index in [1.54, 1.807) is 10.6 Å². The van der Waals surface area contributed by atoms with Crippen LogP contribution in [0.15, 0.2) is 95.8 Å². The molecule has 40 heavy (non-hydrogen) atoms. The predicted octanol–water partition coefficient (Wildman–Crippen LogP) is 4.53. The van der Waals surface area contributed by atoms with Crippen LogP contribution >= 0.6 is 0 Å². The molecule has 1 spiro atoms. The Morgan fingerprint density at radius 1 is 0.775 bits per heavy atom. The minimum Gasteiger partial charge on any atom is -0.296 e. The molecule has 4 atom stereocenters. The number of hydrogen-bond acceptors (Lipinski definition) is 5. The van der Waals surface area contributed by atoms with Crippen LogP contribution in [0.1, 0.15) is 25.2 Å². The van der Waals surface area contributed by atoms with Gasteiger partial charge in [0, 0.05) is 17.0 Å². The van der Waals surface area contributed by atoms with Gasteiger partial charge in [-0.1, -0.05) is 80.6 Å². The lowest BCUT2D eigenvalue weighted by molar-refractivity contribution is -0.123. The van der Waals surface area contributed by atoms with Crippen LogP contribution in [0.3, 0.4) is 0 Å². The topological polar surface area (TPSA) is 84.3 Å². The monoisotopic (exact) mass is 526 g/mol. The number of carbonyl (C=O) groups is 2. The zero-order valence-electron chi connectivity index (χ0n) is 22.0. The van der Waals surface area contributed by atoms with Crippen LogP contribution in [0.4, 0.5) is 5.69 Å². The number of hydrogen-bond donors (Lipinski definition) is 1. The molecule has 0 radical (unpaired) electrons. The third kappa shape index (κ3) is 2.72. The van der Waals surface area contributed by atoms with Crippen molar-refractivity contribution in [1.82, 2.24) is 14.9 Å². The summed E-state index contributed by atoms with van der Waals surface area (Å²) in [6, 6.07) is 28.1. The summed E-state index contributed by atoms with van der Waals surface area (Å²) in [5, 5.41) is 6.07. The van der Waals surface area contributed by atoms with Gasteiger partial charge >= 0.3 is 0 Å². The number of rotatable bonds is 2. The highest BCUT2D eigenvalue weighted by molar-refractivity contribution is 6.26. The summed E-state index contributed by atoms with van der Waals surface area (Å²) < 4.78 is 1.64. The molecular formula is C33H26N4O3. The minimum atomic E-state index is -1.13. The van der Waals surface area contributed by atoms with Crippen molar-refractivity contribution in [3.63, 3.8) is 0 Å². The number of nitrogens with zero attached hydrogens (tertiary/aromatic N) is 3. The molecule has 2 amide bonds. The molecule has 7 nitrogen and oxygen atoms in total. The van der Waals surface area contributed by atoms with E-state index in [1.807, 2.05) is 84.9 Å². The molecule has 0 unspecified atom stereocenters. The standard InChI is InChI=1S/C33H26N4O3/c1-18(2)28-26-27(31(40)36(30(26)39)24-17-9-11-19-10-3-4-12-20(19)24)33(35-28)22-14-6-8-16-25(22)37-29(38)21-13-5-7-15-23(21)34-32(33)37/h3-18,26-28,35H,1-2H3/t26-,27-,28+,33+/m1/s1. The van der Waals surface area contributed by atoms with Crippen molar-refractivity contribution in [2.24, 2.45) is 17.8 Å². The molecule has 196 valence electrons. The first-order chi connectivity index (χ1) is 19.4. The number of imide groups is 1. The number of benzene rings is 4. The molecule has 7 heteroatoms. The van der Waals surface area contributed by atoms with Crippen LogP contribution in [0.2, 0.25) is 0 Å². The smallest absolute Gasteiger partial charge is 0.266 e. The molecule has 4 aromatic carbocycles. The molecule has 3 aliphatic rings. The van der Waals surface area contributed by atoms with Gasteiger partial charge in [-0.25, -0.2) is 9.88 Å². The zero-order valence-corrected chi connectivity index (χ0v) is 22.0. The molecule has 0 bridgehead atoms. The molecule has 8 rings (SSSR count). The van der Waals surface area contributed by atoms with Gasteiger partial charge in [0.15, 0.2) is 0 Å². The summed E-state index contributed by atoms with van der Waals surface area (Å²) >= 11 is 0. The molecule has 0 aliphatic carbocycles. The van der Waals surface area contributed by atoms with E-state index in [-0.39, 0.29) is 29.3 Å². The van der Waals surface area contributed by atoms with Crippen LogP contribution < -0.4 is 15.8 Å². The number of nitrogens with one attached hydrogen (secondary N) is 1. The number of fused-ring (bicyclic) bond motifs is 9. The van der Waals surface area contributed by atoms with Crippen LogP contribution in [0, 0.1) is 17.8 Å². The van der Waals surface area contributed by atoms with Gasteiger partial charge in [-0.15, -0.1) is 0 Å². The van der Waals surface area contributed by atoms with Gasteiger partial charge in [-0.2, -0.15) is 0 Å². The van der Waals surface area contributed by atoms with E-state index < -0.39 is 17.4 Å². The van der Waals surface area contributed by atoms with Gasteiger partial charge in [0.1, 0.15) is 11.4 Å². The van der Waals surface area contributed by atoms with Crippen LogP contribution in [-0.4, -0.2) is 27.4 Å². The Labute approximate surface area is 230 Å². The maximum absolute atomic E-state index is 14.7. The second-order valence-corrected chi connectivity index (χ2v) is 11.3. The van der Waals surface area contributed by atoms with Gasteiger partial charge in [0.05, 0.1) is 34.1 Å². The van der Waals surface area contributed by atoms with Crippen LogP contribution in [0.5, 0.6) is 0 Å². The fraction of sp³-hybridized carbons (Fsp3) is 0.212. The van der Waals surface area contributed by atoms with E-state index >= 15 is 0 Å². The van der Waals surface area contributed by atoms with E-state index in [2.05, 4.69) is 19.2 Å². The van der Waals surface area contributed by atoms with Gasteiger partial charge < -0.3 is 0 Å².